The van der Waals surface area contributed by atoms with Crippen LogP contribution in [-0.4, -0.2) is 40.4 Å². The molecule has 0 aromatic rings. The molecule has 0 aliphatic heterocycles. The van der Waals surface area contributed by atoms with E-state index in [1.807, 2.05) is 0 Å². The van der Waals surface area contributed by atoms with Crippen LogP contribution in [-0.2, 0) is 19.2 Å². The molecule has 6 nitrogen and oxygen atoms in total. The first kappa shape index (κ1) is 22.5. The van der Waals surface area contributed by atoms with E-state index in [0.29, 0.717) is 51.4 Å². The number of hydrogen-bond acceptors (Lipinski definition) is 5. The molecule has 2 amide bonds. The molecule has 0 spiro atoms. The Morgan fingerprint density at radius 2 is 1.12 bits per heavy atom. The van der Waals surface area contributed by atoms with Gasteiger partial charge in [-0.05, 0) is 65.2 Å². The average molecular weight is 367 g/mol. The summed E-state index contributed by atoms with van der Waals surface area (Å²) in [6, 6.07) is 0.0971. The molecule has 0 radical (unpaired) electrons. The molecule has 0 aromatic carbocycles. The van der Waals surface area contributed by atoms with Gasteiger partial charge in [-0.3, -0.25) is 14.5 Å². The predicted molar refractivity (Wildman–Crippen MR) is 100 cm³/mol. The van der Waals surface area contributed by atoms with Gasteiger partial charge in [-0.25, -0.2) is 0 Å². The van der Waals surface area contributed by atoms with Crippen LogP contribution in [0, 0.1) is 0 Å². The lowest BCUT2D eigenvalue weighted by atomic mass is 9.90. The maximum atomic E-state index is 12.7. The van der Waals surface area contributed by atoms with Gasteiger partial charge in [0.1, 0.15) is 11.6 Å². The van der Waals surface area contributed by atoms with Gasteiger partial charge in [-0.2, -0.15) is 0 Å². The summed E-state index contributed by atoms with van der Waals surface area (Å²) in [6.45, 7) is 3.09. The summed E-state index contributed by atoms with van der Waals surface area (Å²) >= 11 is 0. The third-order valence-electron chi connectivity index (χ3n) is 4.98. The summed E-state index contributed by atoms with van der Waals surface area (Å²) in [7, 11) is 0. The molecule has 0 atom stereocenters. The van der Waals surface area contributed by atoms with Crippen molar-refractivity contribution < 1.29 is 19.2 Å². The van der Waals surface area contributed by atoms with Crippen LogP contribution in [0.2, 0.25) is 0 Å². The SMILES string of the molecule is CC(=O)CCCCC(=O)N(C(=O)CCCCC(C)=O)C1CCC(N)CC1. The van der Waals surface area contributed by atoms with Crippen LogP contribution in [0.1, 0.15) is 90.9 Å². The fourth-order valence-electron chi connectivity index (χ4n) is 3.45. The van der Waals surface area contributed by atoms with Gasteiger partial charge >= 0.3 is 0 Å². The van der Waals surface area contributed by atoms with Crippen molar-refractivity contribution in [2.45, 2.75) is 103 Å². The minimum absolute atomic E-state index is 0.0598. The minimum atomic E-state index is -0.134. The molecule has 0 bridgehead atoms. The lowest BCUT2D eigenvalue weighted by molar-refractivity contribution is -0.149. The lowest BCUT2D eigenvalue weighted by Crippen LogP contribution is -2.47. The van der Waals surface area contributed by atoms with Crippen molar-refractivity contribution in [1.29, 1.82) is 0 Å². The van der Waals surface area contributed by atoms with E-state index in [1.54, 1.807) is 13.8 Å². The van der Waals surface area contributed by atoms with E-state index in [-0.39, 0.29) is 35.5 Å². The van der Waals surface area contributed by atoms with Crippen LogP contribution in [0.5, 0.6) is 0 Å². The normalized spacial score (nSPS) is 19.8. The molecule has 1 aliphatic rings. The number of carbonyl (C=O) groups is 4. The van der Waals surface area contributed by atoms with Crippen LogP contribution in [0.15, 0.2) is 0 Å². The highest BCUT2D eigenvalue weighted by Crippen LogP contribution is 2.24. The van der Waals surface area contributed by atoms with Crippen molar-refractivity contribution >= 4 is 23.4 Å². The Balaban J connectivity index is 2.59. The quantitative estimate of drug-likeness (QED) is 0.567. The number of hydrogen-bond donors (Lipinski definition) is 1. The van der Waals surface area contributed by atoms with Crippen LogP contribution < -0.4 is 5.73 Å². The first-order valence-corrected chi connectivity index (χ1v) is 9.90. The first-order valence-electron chi connectivity index (χ1n) is 9.90. The van der Waals surface area contributed by atoms with Gasteiger partial charge in [0.2, 0.25) is 11.8 Å². The van der Waals surface area contributed by atoms with Crippen LogP contribution >= 0.6 is 0 Å². The summed E-state index contributed by atoms with van der Waals surface area (Å²) in [5, 5.41) is 0. The van der Waals surface area contributed by atoms with Crippen LogP contribution in [0.25, 0.3) is 0 Å². The molecule has 26 heavy (non-hydrogen) atoms. The second-order valence-electron chi connectivity index (χ2n) is 7.54. The highest BCUT2D eigenvalue weighted by atomic mass is 16.2. The lowest BCUT2D eigenvalue weighted by Gasteiger charge is -2.35. The van der Waals surface area contributed by atoms with E-state index in [0.717, 1.165) is 25.7 Å². The zero-order chi connectivity index (χ0) is 19.5. The molecule has 6 heteroatoms. The number of carbonyl (C=O) groups excluding carboxylic acids is 4. The number of ketones is 2. The Morgan fingerprint density at radius 3 is 1.50 bits per heavy atom. The van der Waals surface area contributed by atoms with Gasteiger partial charge in [0.15, 0.2) is 0 Å². The van der Waals surface area contributed by atoms with Gasteiger partial charge in [-0.15, -0.1) is 0 Å². The van der Waals surface area contributed by atoms with Gasteiger partial charge in [0.05, 0.1) is 0 Å². The monoisotopic (exact) mass is 366 g/mol. The van der Waals surface area contributed by atoms with Crippen molar-refractivity contribution in [3.8, 4) is 0 Å². The third kappa shape index (κ3) is 8.70. The van der Waals surface area contributed by atoms with Crippen molar-refractivity contribution in [2.24, 2.45) is 5.73 Å². The van der Waals surface area contributed by atoms with Gasteiger partial charge < -0.3 is 15.3 Å². The minimum Gasteiger partial charge on any atom is -0.328 e. The highest BCUT2D eigenvalue weighted by molar-refractivity contribution is 5.95. The summed E-state index contributed by atoms with van der Waals surface area (Å²) in [5.74, 6) is -0.0228. The second kappa shape index (κ2) is 11.9. The molecule has 0 aromatic heterocycles. The number of nitrogens with zero attached hydrogens (tertiary/aromatic N) is 1. The molecule has 148 valence electrons. The highest BCUT2D eigenvalue weighted by Gasteiger charge is 2.31. The van der Waals surface area contributed by atoms with E-state index in [9.17, 15) is 19.2 Å². The number of imide groups is 1. The largest absolute Gasteiger partial charge is 0.328 e. The molecule has 2 N–H and O–H groups in total. The standard InChI is InChI=1S/C20H34N2O4/c1-15(23)7-3-5-9-19(25)22(18-13-11-17(21)12-14-18)20(26)10-6-4-8-16(2)24/h17-18H,3-14,21H2,1-2H3. The Morgan fingerprint density at radius 1 is 0.731 bits per heavy atom. The van der Waals surface area contributed by atoms with E-state index in [4.69, 9.17) is 5.73 Å². The number of unbranched alkanes of at least 4 members (excludes halogenated alkanes) is 2. The zero-order valence-corrected chi connectivity index (χ0v) is 16.3. The average Bonchev–Trinajstić information content (AvgIpc) is 2.57. The molecule has 1 aliphatic carbocycles. The Labute approximate surface area is 156 Å². The summed E-state index contributed by atoms with van der Waals surface area (Å²) in [4.78, 5) is 48.9. The van der Waals surface area contributed by atoms with E-state index in [1.165, 1.54) is 4.90 Å². The fraction of sp³-hybridized carbons (Fsp3) is 0.800. The Hall–Kier alpha value is -1.56. The molecular formula is C20H34N2O4. The van der Waals surface area contributed by atoms with E-state index >= 15 is 0 Å². The summed E-state index contributed by atoms with van der Waals surface area (Å²) in [6.07, 6.45) is 7.34. The number of Topliss-reactive ketones (excluding diaryl/α,β-unsaturated/α-hetero) is 2. The van der Waals surface area contributed by atoms with Gasteiger partial charge in [-0.1, -0.05) is 0 Å². The summed E-state index contributed by atoms with van der Waals surface area (Å²) < 4.78 is 0. The maximum Gasteiger partial charge on any atom is 0.229 e. The molecule has 1 fully saturated rings. The Bertz CT molecular complexity index is 462. The number of nitrogens with two attached hydrogens (primary N) is 1. The maximum absolute atomic E-state index is 12.7. The van der Waals surface area contributed by atoms with Gasteiger partial charge in [0.25, 0.3) is 0 Å². The van der Waals surface area contributed by atoms with Crippen molar-refractivity contribution in [1.82, 2.24) is 4.90 Å². The molecule has 1 rings (SSSR count). The van der Waals surface area contributed by atoms with Crippen LogP contribution in [0.3, 0.4) is 0 Å². The Kier molecular flexibility index (Phi) is 10.3. The van der Waals surface area contributed by atoms with Crippen LogP contribution in [0.4, 0.5) is 0 Å². The molecule has 0 heterocycles. The number of rotatable bonds is 11. The topological polar surface area (TPSA) is 97.5 Å². The first-order chi connectivity index (χ1) is 12.3. The van der Waals surface area contributed by atoms with E-state index in [2.05, 4.69) is 0 Å². The zero-order valence-electron chi connectivity index (χ0n) is 16.3. The van der Waals surface area contributed by atoms with Crippen molar-refractivity contribution in [3.05, 3.63) is 0 Å². The smallest absolute Gasteiger partial charge is 0.229 e. The van der Waals surface area contributed by atoms with Crippen molar-refractivity contribution in [2.75, 3.05) is 0 Å². The fourth-order valence-corrected chi connectivity index (χ4v) is 3.45. The van der Waals surface area contributed by atoms with E-state index < -0.39 is 0 Å². The van der Waals surface area contributed by atoms with Gasteiger partial charge in [0, 0.05) is 37.8 Å². The molecule has 0 saturated heterocycles. The summed E-state index contributed by atoms with van der Waals surface area (Å²) in [5.41, 5.74) is 5.95. The molecular weight excluding hydrogens is 332 g/mol. The third-order valence-corrected chi connectivity index (χ3v) is 4.98. The second-order valence-corrected chi connectivity index (χ2v) is 7.54. The molecule has 1 saturated carbocycles. The van der Waals surface area contributed by atoms with Crippen molar-refractivity contribution in [3.63, 3.8) is 0 Å². The predicted octanol–water partition coefficient (Wildman–Crippen LogP) is 2.91. The number of amides is 2. The molecule has 0 unspecified atom stereocenters.